The van der Waals surface area contributed by atoms with Crippen LogP contribution in [0.15, 0.2) is 42.5 Å². The largest absolute Gasteiger partial charge is 0.435 e. The first-order valence-corrected chi connectivity index (χ1v) is 10.8. The molecule has 168 valence electrons. The molecule has 1 aliphatic carbocycles. The maximum atomic E-state index is 12.8. The lowest BCUT2D eigenvalue weighted by Crippen LogP contribution is -2.36. The predicted octanol–water partition coefficient (Wildman–Crippen LogP) is 5.19. The third kappa shape index (κ3) is 4.40. The Morgan fingerprint density at radius 1 is 1.22 bits per heavy atom. The summed E-state index contributed by atoms with van der Waals surface area (Å²) in [6.45, 7) is -0.196. The standard InChI is InChI=1S/C24H26F2N4O2/c1-2-12-28-24(31)29-16-8-6-15(7-9-16)22-20(14-27)19-11-10-18(32-23(25)26)13-21(19)30(22)17-4-3-5-17/h6-11,13,17,23-24,28-29,31H,2-5,12H2,1H3. The molecule has 1 unspecified atom stereocenters. The zero-order valence-electron chi connectivity index (χ0n) is 17.8. The number of fused-ring (bicyclic) bond motifs is 1. The van der Waals surface area contributed by atoms with E-state index in [0.29, 0.717) is 12.1 Å². The molecule has 32 heavy (non-hydrogen) atoms. The molecule has 1 atom stereocenters. The van der Waals surface area contributed by atoms with E-state index in [2.05, 4.69) is 26.0 Å². The molecule has 0 saturated heterocycles. The fraction of sp³-hybridized carbons (Fsp3) is 0.375. The van der Waals surface area contributed by atoms with Crippen LogP contribution >= 0.6 is 0 Å². The molecule has 6 nitrogen and oxygen atoms in total. The van der Waals surface area contributed by atoms with E-state index >= 15 is 0 Å². The number of nitrogens with one attached hydrogen (secondary N) is 2. The first-order chi connectivity index (χ1) is 15.5. The summed E-state index contributed by atoms with van der Waals surface area (Å²) in [7, 11) is 0. The van der Waals surface area contributed by atoms with Crippen LogP contribution in [0.1, 0.15) is 44.2 Å². The molecule has 1 heterocycles. The summed E-state index contributed by atoms with van der Waals surface area (Å²) in [4.78, 5) is 0. The second kappa shape index (κ2) is 9.55. The van der Waals surface area contributed by atoms with Crippen LogP contribution in [0.4, 0.5) is 14.5 Å². The highest BCUT2D eigenvalue weighted by Gasteiger charge is 2.28. The van der Waals surface area contributed by atoms with E-state index in [9.17, 15) is 19.1 Å². The normalized spacial score (nSPS) is 14.9. The lowest BCUT2D eigenvalue weighted by molar-refractivity contribution is -0.0497. The molecule has 3 aromatic rings. The van der Waals surface area contributed by atoms with Gasteiger partial charge in [0.05, 0.1) is 16.8 Å². The van der Waals surface area contributed by atoms with Crippen molar-refractivity contribution < 1.29 is 18.6 Å². The van der Waals surface area contributed by atoms with E-state index in [0.717, 1.165) is 53.5 Å². The molecular weight excluding hydrogens is 414 g/mol. The average Bonchev–Trinajstić information content (AvgIpc) is 3.04. The lowest BCUT2D eigenvalue weighted by Gasteiger charge is -2.30. The van der Waals surface area contributed by atoms with Gasteiger partial charge in [-0.05, 0) is 62.1 Å². The van der Waals surface area contributed by atoms with Crippen LogP contribution in [0.25, 0.3) is 22.2 Å². The van der Waals surface area contributed by atoms with Crippen molar-refractivity contribution in [3.05, 3.63) is 48.0 Å². The second-order valence-corrected chi connectivity index (χ2v) is 7.93. The first kappa shape index (κ1) is 22.1. The van der Waals surface area contributed by atoms with E-state index in [-0.39, 0.29) is 11.8 Å². The molecule has 3 N–H and O–H groups in total. The van der Waals surface area contributed by atoms with Gasteiger partial charge in [-0.3, -0.25) is 5.32 Å². The van der Waals surface area contributed by atoms with Gasteiger partial charge in [0.1, 0.15) is 11.8 Å². The molecule has 1 aliphatic rings. The summed E-state index contributed by atoms with van der Waals surface area (Å²) in [6.07, 6.45) is 3.08. The van der Waals surface area contributed by atoms with E-state index < -0.39 is 13.0 Å². The van der Waals surface area contributed by atoms with Gasteiger partial charge in [0.25, 0.3) is 0 Å². The monoisotopic (exact) mass is 440 g/mol. The zero-order valence-corrected chi connectivity index (χ0v) is 17.8. The van der Waals surface area contributed by atoms with Gasteiger partial charge in [-0.2, -0.15) is 14.0 Å². The van der Waals surface area contributed by atoms with E-state index in [1.807, 2.05) is 31.2 Å². The van der Waals surface area contributed by atoms with Crippen molar-refractivity contribution in [1.29, 1.82) is 5.26 Å². The smallest absolute Gasteiger partial charge is 0.387 e. The van der Waals surface area contributed by atoms with Crippen molar-refractivity contribution in [2.75, 3.05) is 11.9 Å². The van der Waals surface area contributed by atoms with Crippen molar-refractivity contribution >= 4 is 16.6 Å². The molecule has 0 radical (unpaired) electrons. The van der Waals surface area contributed by atoms with Crippen molar-refractivity contribution in [3.8, 4) is 23.1 Å². The van der Waals surface area contributed by atoms with Gasteiger partial charge in [-0.15, -0.1) is 0 Å². The summed E-state index contributed by atoms with van der Waals surface area (Å²) in [5.74, 6) is 0.0785. The van der Waals surface area contributed by atoms with E-state index in [1.54, 1.807) is 12.1 Å². The number of aliphatic hydroxyl groups is 1. The summed E-state index contributed by atoms with van der Waals surface area (Å²) in [6, 6.07) is 14.8. The number of rotatable bonds is 9. The molecule has 0 bridgehead atoms. The molecule has 4 rings (SSSR count). The quantitative estimate of drug-likeness (QED) is 0.399. The Bertz CT molecular complexity index is 1120. The van der Waals surface area contributed by atoms with Gasteiger partial charge in [-0.1, -0.05) is 19.1 Å². The molecule has 1 aromatic heterocycles. The minimum Gasteiger partial charge on any atom is -0.435 e. The van der Waals surface area contributed by atoms with Gasteiger partial charge < -0.3 is 19.7 Å². The lowest BCUT2D eigenvalue weighted by atomic mass is 9.92. The van der Waals surface area contributed by atoms with Gasteiger partial charge in [0.15, 0.2) is 6.35 Å². The minimum absolute atomic E-state index is 0.0785. The number of nitrogens with zero attached hydrogens (tertiary/aromatic N) is 2. The number of nitriles is 1. The minimum atomic E-state index is -2.91. The summed E-state index contributed by atoms with van der Waals surface area (Å²) in [5.41, 5.74) is 3.60. The van der Waals surface area contributed by atoms with E-state index in [4.69, 9.17) is 0 Å². The number of aliphatic hydroxyl groups excluding tert-OH is 1. The fourth-order valence-electron chi connectivity index (χ4n) is 4.10. The summed E-state index contributed by atoms with van der Waals surface area (Å²) < 4.78 is 32.2. The van der Waals surface area contributed by atoms with Crippen LogP contribution < -0.4 is 15.4 Å². The Labute approximate surface area is 185 Å². The topological polar surface area (TPSA) is 82.2 Å². The maximum absolute atomic E-state index is 12.8. The van der Waals surface area contributed by atoms with Gasteiger partial charge in [0.2, 0.25) is 0 Å². The van der Waals surface area contributed by atoms with Crippen molar-refractivity contribution in [2.24, 2.45) is 0 Å². The predicted molar refractivity (Wildman–Crippen MR) is 120 cm³/mol. The Morgan fingerprint density at radius 2 is 1.97 bits per heavy atom. The Hall–Kier alpha value is -3.15. The van der Waals surface area contributed by atoms with Crippen molar-refractivity contribution in [2.45, 2.75) is 51.6 Å². The average molecular weight is 440 g/mol. The number of benzene rings is 2. The molecule has 1 fully saturated rings. The molecule has 0 aliphatic heterocycles. The van der Waals surface area contributed by atoms with Gasteiger partial charge >= 0.3 is 6.61 Å². The van der Waals surface area contributed by atoms with Gasteiger partial charge in [-0.25, -0.2) is 0 Å². The third-order valence-electron chi connectivity index (χ3n) is 5.80. The van der Waals surface area contributed by atoms with Crippen LogP contribution in [-0.4, -0.2) is 29.2 Å². The molecule has 1 saturated carbocycles. The molecular formula is C24H26F2N4O2. The number of aromatic nitrogens is 1. The van der Waals surface area contributed by atoms with Crippen LogP contribution in [0.5, 0.6) is 5.75 Å². The summed E-state index contributed by atoms with van der Waals surface area (Å²) in [5, 5.41) is 26.6. The van der Waals surface area contributed by atoms with Crippen LogP contribution in [0.3, 0.4) is 0 Å². The van der Waals surface area contributed by atoms with Crippen LogP contribution in [0, 0.1) is 11.3 Å². The van der Waals surface area contributed by atoms with Gasteiger partial charge in [0, 0.05) is 23.2 Å². The number of alkyl halides is 2. The van der Waals surface area contributed by atoms with Crippen molar-refractivity contribution in [1.82, 2.24) is 9.88 Å². The molecule has 8 heteroatoms. The van der Waals surface area contributed by atoms with Crippen molar-refractivity contribution in [3.63, 3.8) is 0 Å². The molecule has 2 aromatic carbocycles. The fourth-order valence-corrected chi connectivity index (χ4v) is 4.10. The highest BCUT2D eigenvalue weighted by molar-refractivity contribution is 5.95. The maximum Gasteiger partial charge on any atom is 0.387 e. The second-order valence-electron chi connectivity index (χ2n) is 7.93. The SMILES string of the molecule is CCCNC(O)Nc1ccc(-c2c(C#N)c3ccc(OC(F)F)cc3n2C2CCC2)cc1. The summed E-state index contributed by atoms with van der Waals surface area (Å²) >= 11 is 0. The third-order valence-corrected chi connectivity index (χ3v) is 5.80. The Morgan fingerprint density at radius 3 is 2.56 bits per heavy atom. The van der Waals surface area contributed by atoms with Crippen LogP contribution in [0.2, 0.25) is 0 Å². The first-order valence-electron chi connectivity index (χ1n) is 10.8. The highest BCUT2D eigenvalue weighted by atomic mass is 19.3. The number of halogens is 2. The molecule has 0 spiro atoms. The zero-order chi connectivity index (χ0) is 22.7. The highest BCUT2D eigenvalue weighted by Crippen LogP contribution is 2.43. The number of hydrogen-bond donors (Lipinski definition) is 3. The number of ether oxygens (including phenoxy) is 1. The Kier molecular flexibility index (Phi) is 6.58. The number of hydrogen-bond acceptors (Lipinski definition) is 5. The number of anilines is 1. The van der Waals surface area contributed by atoms with E-state index in [1.165, 1.54) is 6.07 Å². The molecule has 0 amide bonds. The van der Waals surface area contributed by atoms with Crippen LogP contribution in [-0.2, 0) is 0 Å². The Balaban J connectivity index is 1.75.